The first-order chi connectivity index (χ1) is 7.69. The molecule has 0 aliphatic rings. The maximum atomic E-state index is 5.79. The number of hydrogen-bond donors (Lipinski definition) is 1. The normalized spacial score (nSPS) is 10.1. The number of anilines is 1. The highest BCUT2D eigenvalue weighted by atomic mass is 16.5. The molecule has 1 heterocycles. The molecule has 2 aromatic rings. The summed E-state index contributed by atoms with van der Waals surface area (Å²) in [4.78, 5) is 0. The van der Waals surface area contributed by atoms with Gasteiger partial charge in [0.25, 0.3) is 0 Å². The second-order valence-corrected chi connectivity index (χ2v) is 3.36. The number of benzene rings is 1. The van der Waals surface area contributed by atoms with Crippen molar-refractivity contribution in [1.29, 1.82) is 0 Å². The summed E-state index contributed by atoms with van der Waals surface area (Å²) in [5.41, 5.74) is 6.35. The Kier molecular flexibility index (Phi) is 2.68. The number of hydrogen-bond acceptors (Lipinski definition) is 4. The third-order valence-electron chi connectivity index (χ3n) is 2.13. The van der Waals surface area contributed by atoms with Crippen LogP contribution in [0.2, 0.25) is 0 Å². The van der Waals surface area contributed by atoms with Gasteiger partial charge in [-0.25, -0.2) is 0 Å². The SMILES string of the molecule is COc1ccc(N)c(Oc2cnn(C)c2)c1. The number of ether oxygens (including phenoxy) is 2. The summed E-state index contributed by atoms with van der Waals surface area (Å²) in [7, 11) is 3.42. The summed E-state index contributed by atoms with van der Waals surface area (Å²) in [5, 5.41) is 4.00. The van der Waals surface area contributed by atoms with E-state index in [4.69, 9.17) is 15.2 Å². The molecule has 0 amide bonds. The van der Waals surface area contributed by atoms with Crippen LogP contribution in [0.5, 0.6) is 17.2 Å². The van der Waals surface area contributed by atoms with Gasteiger partial charge in [0, 0.05) is 13.1 Å². The van der Waals surface area contributed by atoms with E-state index in [9.17, 15) is 0 Å². The van der Waals surface area contributed by atoms with Gasteiger partial charge in [-0.3, -0.25) is 4.68 Å². The number of nitrogen functional groups attached to an aromatic ring is 1. The first-order valence-electron chi connectivity index (χ1n) is 4.79. The first-order valence-corrected chi connectivity index (χ1v) is 4.79. The van der Waals surface area contributed by atoms with Crippen LogP contribution < -0.4 is 15.2 Å². The van der Waals surface area contributed by atoms with Gasteiger partial charge in [-0.2, -0.15) is 5.10 Å². The minimum absolute atomic E-state index is 0.560. The molecule has 0 radical (unpaired) electrons. The Labute approximate surface area is 93.4 Å². The lowest BCUT2D eigenvalue weighted by Crippen LogP contribution is -1.92. The van der Waals surface area contributed by atoms with Gasteiger partial charge in [-0.15, -0.1) is 0 Å². The predicted octanol–water partition coefficient (Wildman–Crippen LogP) is 1.80. The molecule has 5 nitrogen and oxygen atoms in total. The molecule has 2 rings (SSSR count). The van der Waals surface area contributed by atoms with Crippen LogP contribution in [0.1, 0.15) is 0 Å². The molecule has 0 spiro atoms. The van der Waals surface area contributed by atoms with E-state index in [-0.39, 0.29) is 0 Å². The van der Waals surface area contributed by atoms with Crippen molar-refractivity contribution in [3.63, 3.8) is 0 Å². The smallest absolute Gasteiger partial charge is 0.165 e. The zero-order valence-electron chi connectivity index (χ0n) is 9.18. The number of aromatic nitrogens is 2. The molecular formula is C11H13N3O2. The Morgan fingerprint density at radius 3 is 2.75 bits per heavy atom. The molecule has 5 heteroatoms. The van der Waals surface area contributed by atoms with Gasteiger partial charge in [0.15, 0.2) is 11.5 Å². The van der Waals surface area contributed by atoms with Gasteiger partial charge in [0.1, 0.15) is 5.75 Å². The van der Waals surface area contributed by atoms with E-state index in [0.717, 1.165) is 0 Å². The summed E-state index contributed by atoms with van der Waals surface area (Å²) < 4.78 is 12.3. The number of nitrogens with two attached hydrogens (primary N) is 1. The Bertz CT molecular complexity index is 494. The van der Waals surface area contributed by atoms with E-state index >= 15 is 0 Å². The van der Waals surface area contributed by atoms with Crippen molar-refractivity contribution < 1.29 is 9.47 Å². The number of nitrogens with zero attached hydrogens (tertiary/aromatic N) is 2. The molecule has 84 valence electrons. The zero-order valence-corrected chi connectivity index (χ0v) is 9.18. The molecule has 0 fully saturated rings. The molecule has 0 atom stereocenters. The molecule has 1 aromatic heterocycles. The van der Waals surface area contributed by atoms with Crippen LogP contribution in [0.25, 0.3) is 0 Å². The molecule has 2 N–H and O–H groups in total. The highest BCUT2D eigenvalue weighted by Gasteiger charge is 2.05. The van der Waals surface area contributed by atoms with Crippen molar-refractivity contribution in [1.82, 2.24) is 9.78 Å². The molecule has 1 aromatic carbocycles. The maximum absolute atomic E-state index is 5.79. The Balaban J connectivity index is 2.26. The molecule has 16 heavy (non-hydrogen) atoms. The lowest BCUT2D eigenvalue weighted by Gasteiger charge is -2.08. The lowest BCUT2D eigenvalue weighted by atomic mass is 10.3. The van der Waals surface area contributed by atoms with Gasteiger partial charge in [-0.1, -0.05) is 0 Å². The van der Waals surface area contributed by atoms with Crippen molar-refractivity contribution >= 4 is 5.69 Å². The second-order valence-electron chi connectivity index (χ2n) is 3.36. The molecular weight excluding hydrogens is 206 g/mol. The second kappa shape index (κ2) is 4.14. The average molecular weight is 219 g/mol. The van der Waals surface area contributed by atoms with Crippen LogP contribution in [-0.2, 0) is 7.05 Å². The fourth-order valence-electron chi connectivity index (χ4n) is 1.31. The Morgan fingerprint density at radius 1 is 1.31 bits per heavy atom. The highest BCUT2D eigenvalue weighted by molar-refractivity contribution is 5.56. The average Bonchev–Trinajstić information content (AvgIpc) is 2.67. The molecule has 0 saturated heterocycles. The Morgan fingerprint density at radius 2 is 2.12 bits per heavy atom. The highest BCUT2D eigenvalue weighted by Crippen LogP contribution is 2.30. The molecule has 0 aliphatic carbocycles. The third kappa shape index (κ3) is 2.08. The summed E-state index contributed by atoms with van der Waals surface area (Å²) in [5.74, 6) is 1.91. The van der Waals surface area contributed by atoms with Crippen LogP contribution in [0.3, 0.4) is 0 Å². The van der Waals surface area contributed by atoms with Crippen LogP contribution in [0.4, 0.5) is 5.69 Å². The van der Waals surface area contributed by atoms with Gasteiger partial charge in [0.05, 0.1) is 25.2 Å². The first kappa shape index (κ1) is 10.4. The van der Waals surface area contributed by atoms with E-state index in [1.807, 2.05) is 7.05 Å². The lowest BCUT2D eigenvalue weighted by molar-refractivity contribution is 0.409. The van der Waals surface area contributed by atoms with Gasteiger partial charge < -0.3 is 15.2 Å². The minimum atomic E-state index is 0.560. The van der Waals surface area contributed by atoms with Gasteiger partial charge >= 0.3 is 0 Å². The fourth-order valence-corrected chi connectivity index (χ4v) is 1.31. The van der Waals surface area contributed by atoms with Crippen molar-refractivity contribution in [2.24, 2.45) is 7.05 Å². The zero-order chi connectivity index (χ0) is 11.5. The molecule has 0 aliphatic heterocycles. The summed E-state index contributed by atoms with van der Waals surface area (Å²) in [6.07, 6.45) is 3.39. The van der Waals surface area contributed by atoms with Crippen molar-refractivity contribution in [2.75, 3.05) is 12.8 Å². The number of aryl methyl sites for hydroxylation is 1. The Hall–Kier alpha value is -2.17. The van der Waals surface area contributed by atoms with Crippen LogP contribution in [0.15, 0.2) is 30.6 Å². The topological polar surface area (TPSA) is 62.3 Å². The van der Waals surface area contributed by atoms with E-state index < -0.39 is 0 Å². The van der Waals surface area contributed by atoms with E-state index in [0.29, 0.717) is 22.9 Å². The van der Waals surface area contributed by atoms with E-state index in [1.54, 1.807) is 42.4 Å². The molecule has 0 saturated carbocycles. The predicted molar refractivity (Wildman–Crippen MR) is 60.7 cm³/mol. The third-order valence-corrected chi connectivity index (χ3v) is 2.13. The molecule has 0 unspecified atom stereocenters. The van der Waals surface area contributed by atoms with Crippen molar-refractivity contribution in [3.8, 4) is 17.2 Å². The largest absolute Gasteiger partial charge is 0.497 e. The number of rotatable bonds is 3. The van der Waals surface area contributed by atoms with Crippen molar-refractivity contribution in [2.45, 2.75) is 0 Å². The van der Waals surface area contributed by atoms with Gasteiger partial charge in [-0.05, 0) is 12.1 Å². The van der Waals surface area contributed by atoms with Crippen molar-refractivity contribution in [3.05, 3.63) is 30.6 Å². The van der Waals surface area contributed by atoms with Crippen LogP contribution >= 0.6 is 0 Å². The summed E-state index contributed by atoms with van der Waals surface area (Å²) >= 11 is 0. The summed E-state index contributed by atoms with van der Waals surface area (Å²) in [6.45, 7) is 0. The standard InChI is InChI=1S/C11H13N3O2/c1-14-7-9(6-13-14)16-11-5-8(15-2)3-4-10(11)12/h3-7H,12H2,1-2H3. The van der Waals surface area contributed by atoms with Gasteiger partial charge in [0.2, 0.25) is 0 Å². The number of methoxy groups -OCH3 is 1. The quantitative estimate of drug-likeness (QED) is 0.799. The van der Waals surface area contributed by atoms with E-state index in [1.165, 1.54) is 0 Å². The summed E-state index contributed by atoms with van der Waals surface area (Å²) in [6, 6.07) is 5.26. The minimum Gasteiger partial charge on any atom is -0.497 e. The monoisotopic (exact) mass is 219 g/mol. The fraction of sp³-hybridized carbons (Fsp3) is 0.182. The van der Waals surface area contributed by atoms with Crippen LogP contribution in [-0.4, -0.2) is 16.9 Å². The maximum Gasteiger partial charge on any atom is 0.165 e. The van der Waals surface area contributed by atoms with Crippen LogP contribution in [0, 0.1) is 0 Å². The molecule has 0 bridgehead atoms. The van der Waals surface area contributed by atoms with E-state index in [2.05, 4.69) is 5.10 Å².